The summed E-state index contributed by atoms with van der Waals surface area (Å²) < 4.78 is 16.4. The van der Waals surface area contributed by atoms with Gasteiger partial charge in [0.25, 0.3) is 0 Å². The monoisotopic (exact) mass is 330 g/mol. The Morgan fingerprint density at radius 3 is 2.75 bits per heavy atom. The van der Waals surface area contributed by atoms with Crippen molar-refractivity contribution < 1.29 is 14.0 Å². The van der Waals surface area contributed by atoms with Gasteiger partial charge in [-0.3, -0.25) is 4.90 Å². The molecule has 130 valence electrons. The number of rotatable bonds is 6. The molecule has 1 aliphatic rings. The maximum Gasteiger partial charge on any atom is 0.139 e. The summed E-state index contributed by atoms with van der Waals surface area (Å²) in [5, 5.41) is 4.32. The summed E-state index contributed by atoms with van der Waals surface area (Å²) in [5.41, 5.74) is 2.18. The van der Waals surface area contributed by atoms with E-state index in [1.807, 2.05) is 12.1 Å². The summed E-state index contributed by atoms with van der Waals surface area (Å²) >= 11 is 0. The molecule has 5 nitrogen and oxygen atoms in total. The van der Waals surface area contributed by atoms with Crippen molar-refractivity contribution in [2.24, 2.45) is 0 Å². The summed E-state index contributed by atoms with van der Waals surface area (Å²) in [5.74, 6) is 3.06. The van der Waals surface area contributed by atoms with Crippen LogP contribution in [0.4, 0.5) is 0 Å². The quantitative estimate of drug-likeness (QED) is 0.796. The van der Waals surface area contributed by atoms with Crippen LogP contribution in [0.15, 0.2) is 28.8 Å². The van der Waals surface area contributed by atoms with Crippen LogP contribution in [0.1, 0.15) is 55.7 Å². The molecule has 0 spiro atoms. The van der Waals surface area contributed by atoms with E-state index in [-0.39, 0.29) is 0 Å². The molecule has 0 saturated carbocycles. The van der Waals surface area contributed by atoms with Crippen molar-refractivity contribution >= 4 is 0 Å². The highest BCUT2D eigenvalue weighted by Crippen LogP contribution is 2.35. The zero-order valence-corrected chi connectivity index (χ0v) is 14.9. The van der Waals surface area contributed by atoms with Crippen LogP contribution < -0.4 is 9.47 Å². The predicted octanol–water partition coefficient (Wildman–Crippen LogP) is 4.15. The average Bonchev–Trinajstić information content (AvgIpc) is 3.23. The van der Waals surface area contributed by atoms with Crippen LogP contribution in [-0.2, 0) is 6.54 Å². The molecule has 1 fully saturated rings. The molecule has 24 heavy (non-hydrogen) atoms. The first-order chi connectivity index (χ1) is 11.6. The fourth-order valence-electron chi connectivity index (χ4n) is 3.31. The standard InChI is InChI=1S/C19H26N2O3/c1-13(2)19-11-16(20-24-19)17-6-5-9-21(17)12-14-10-15(22-3)7-8-18(14)23-4/h7-8,10-11,13,17H,5-6,9,12H2,1-4H3/t17-/m0/s1. The van der Waals surface area contributed by atoms with Gasteiger partial charge in [0.05, 0.1) is 20.3 Å². The molecule has 3 rings (SSSR count). The Balaban J connectivity index is 1.81. The van der Waals surface area contributed by atoms with E-state index in [2.05, 4.69) is 36.0 Å². The molecule has 2 heterocycles. The smallest absolute Gasteiger partial charge is 0.139 e. The lowest BCUT2D eigenvalue weighted by atomic mass is 10.1. The first-order valence-electron chi connectivity index (χ1n) is 8.53. The maximum atomic E-state index is 5.52. The summed E-state index contributed by atoms with van der Waals surface area (Å²) in [6, 6.07) is 8.35. The number of aromatic nitrogens is 1. The number of hydrogen-bond donors (Lipinski definition) is 0. The van der Waals surface area contributed by atoms with Crippen LogP contribution in [0.25, 0.3) is 0 Å². The Kier molecular flexibility index (Phi) is 5.09. The van der Waals surface area contributed by atoms with E-state index in [4.69, 9.17) is 14.0 Å². The Bertz CT molecular complexity index is 681. The molecule has 1 saturated heterocycles. The van der Waals surface area contributed by atoms with Gasteiger partial charge in [0, 0.05) is 24.1 Å². The maximum absolute atomic E-state index is 5.52. The number of hydrogen-bond acceptors (Lipinski definition) is 5. The lowest BCUT2D eigenvalue weighted by Gasteiger charge is -2.23. The van der Waals surface area contributed by atoms with E-state index >= 15 is 0 Å². The van der Waals surface area contributed by atoms with Crippen molar-refractivity contribution in [2.75, 3.05) is 20.8 Å². The molecule has 0 aliphatic carbocycles. The molecule has 0 unspecified atom stereocenters. The summed E-state index contributed by atoms with van der Waals surface area (Å²) in [6.07, 6.45) is 2.27. The van der Waals surface area contributed by atoms with Gasteiger partial charge >= 0.3 is 0 Å². The van der Waals surface area contributed by atoms with Gasteiger partial charge < -0.3 is 14.0 Å². The van der Waals surface area contributed by atoms with E-state index in [9.17, 15) is 0 Å². The fourth-order valence-corrected chi connectivity index (χ4v) is 3.31. The molecule has 2 aromatic rings. The topological polar surface area (TPSA) is 47.7 Å². The van der Waals surface area contributed by atoms with Gasteiger partial charge in [-0.15, -0.1) is 0 Å². The number of likely N-dealkylation sites (tertiary alicyclic amines) is 1. The summed E-state index contributed by atoms with van der Waals surface area (Å²) in [6.45, 7) is 6.11. The Labute approximate surface area is 143 Å². The first kappa shape index (κ1) is 16.8. The second-order valence-electron chi connectivity index (χ2n) is 6.62. The fraction of sp³-hybridized carbons (Fsp3) is 0.526. The molecular formula is C19H26N2O3. The van der Waals surface area contributed by atoms with Crippen LogP contribution >= 0.6 is 0 Å². The second kappa shape index (κ2) is 7.26. The van der Waals surface area contributed by atoms with E-state index in [1.165, 1.54) is 6.42 Å². The minimum absolute atomic E-state index is 0.303. The van der Waals surface area contributed by atoms with Gasteiger partial charge in [0.2, 0.25) is 0 Å². The highest BCUT2D eigenvalue weighted by atomic mass is 16.5. The van der Waals surface area contributed by atoms with Gasteiger partial charge in [-0.25, -0.2) is 0 Å². The first-order valence-corrected chi connectivity index (χ1v) is 8.53. The van der Waals surface area contributed by atoms with Crippen LogP contribution in [-0.4, -0.2) is 30.8 Å². The number of nitrogens with zero attached hydrogens (tertiary/aromatic N) is 2. The SMILES string of the molecule is COc1ccc(OC)c(CN2CCC[C@H]2c2cc(C(C)C)on2)c1. The van der Waals surface area contributed by atoms with Crippen molar-refractivity contribution in [1.29, 1.82) is 0 Å². The van der Waals surface area contributed by atoms with Gasteiger partial charge in [-0.05, 0) is 37.6 Å². The molecule has 1 atom stereocenters. The van der Waals surface area contributed by atoms with Crippen molar-refractivity contribution in [3.05, 3.63) is 41.3 Å². The molecule has 0 radical (unpaired) electrons. The largest absolute Gasteiger partial charge is 0.497 e. The Hall–Kier alpha value is -2.01. The van der Waals surface area contributed by atoms with Crippen molar-refractivity contribution in [3.63, 3.8) is 0 Å². The molecule has 5 heteroatoms. The number of benzene rings is 1. The highest BCUT2D eigenvalue weighted by molar-refractivity contribution is 5.40. The van der Waals surface area contributed by atoms with Crippen molar-refractivity contribution in [1.82, 2.24) is 10.1 Å². The van der Waals surface area contributed by atoms with E-state index in [0.29, 0.717) is 12.0 Å². The third kappa shape index (κ3) is 3.41. The van der Waals surface area contributed by atoms with Gasteiger partial charge in [-0.2, -0.15) is 0 Å². The van der Waals surface area contributed by atoms with E-state index in [0.717, 1.165) is 48.0 Å². The number of ether oxygens (including phenoxy) is 2. The second-order valence-corrected chi connectivity index (χ2v) is 6.62. The Morgan fingerprint density at radius 1 is 1.25 bits per heavy atom. The van der Waals surface area contributed by atoms with Crippen LogP contribution in [0.2, 0.25) is 0 Å². The average molecular weight is 330 g/mol. The Morgan fingerprint density at radius 2 is 2.08 bits per heavy atom. The van der Waals surface area contributed by atoms with Gasteiger partial charge in [-0.1, -0.05) is 19.0 Å². The highest BCUT2D eigenvalue weighted by Gasteiger charge is 2.29. The van der Waals surface area contributed by atoms with E-state index < -0.39 is 0 Å². The molecule has 0 bridgehead atoms. The summed E-state index contributed by atoms with van der Waals surface area (Å²) in [4.78, 5) is 2.44. The predicted molar refractivity (Wildman–Crippen MR) is 92.5 cm³/mol. The summed E-state index contributed by atoms with van der Waals surface area (Å²) in [7, 11) is 3.40. The van der Waals surface area contributed by atoms with Crippen LogP contribution in [0, 0.1) is 0 Å². The third-order valence-corrected chi connectivity index (χ3v) is 4.68. The minimum Gasteiger partial charge on any atom is -0.497 e. The zero-order valence-electron chi connectivity index (χ0n) is 14.9. The van der Waals surface area contributed by atoms with Crippen molar-refractivity contribution in [3.8, 4) is 11.5 Å². The minimum atomic E-state index is 0.303. The molecule has 1 aromatic carbocycles. The van der Waals surface area contributed by atoms with E-state index in [1.54, 1.807) is 14.2 Å². The normalized spacial score (nSPS) is 18.3. The molecule has 1 aromatic heterocycles. The molecule has 0 amide bonds. The zero-order chi connectivity index (χ0) is 17.1. The van der Waals surface area contributed by atoms with Crippen LogP contribution in [0.3, 0.4) is 0 Å². The van der Waals surface area contributed by atoms with Crippen molar-refractivity contribution in [2.45, 2.75) is 45.2 Å². The third-order valence-electron chi connectivity index (χ3n) is 4.68. The molecule has 0 N–H and O–H groups in total. The van der Waals surface area contributed by atoms with Gasteiger partial charge in [0.15, 0.2) is 0 Å². The molecular weight excluding hydrogens is 304 g/mol. The lowest BCUT2D eigenvalue weighted by molar-refractivity contribution is 0.232. The molecule has 1 aliphatic heterocycles. The number of methoxy groups -OCH3 is 2. The lowest BCUT2D eigenvalue weighted by Crippen LogP contribution is -2.23. The van der Waals surface area contributed by atoms with Gasteiger partial charge in [0.1, 0.15) is 23.0 Å². The van der Waals surface area contributed by atoms with Crippen LogP contribution in [0.5, 0.6) is 11.5 Å².